The zero-order valence-electron chi connectivity index (χ0n) is 7.60. The summed E-state index contributed by atoms with van der Waals surface area (Å²) in [5, 5.41) is 0. The van der Waals surface area contributed by atoms with E-state index in [0.29, 0.717) is 0 Å². The van der Waals surface area contributed by atoms with Crippen molar-refractivity contribution in [3.63, 3.8) is 0 Å². The first-order valence-corrected chi connectivity index (χ1v) is 5.06. The lowest BCUT2D eigenvalue weighted by molar-refractivity contribution is 0.659. The maximum atomic E-state index is 4.00. The molecule has 0 fully saturated rings. The summed E-state index contributed by atoms with van der Waals surface area (Å²) in [4.78, 5) is 1.31. The lowest BCUT2D eigenvalue weighted by Crippen LogP contribution is -1.87. The molecule has 0 aromatic heterocycles. The van der Waals surface area contributed by atoms with Crippen LogP contribution < -0.4 is 0 Å². The summed E-state index contributed by atoms with van der Waals surface area (Å²) in [7, 11) is 0. The van der Waals surface area contributed by atoms with Crippen LogP contribution in [-0.2, 0) is 0 Å². The van der Waals surface area contributed by atoms with Gasteiger partial charge in [0.2, 0.25) is 0 Å². The molecule has 0 bridgehead atoms. The van der Waals surface area contributed by atoms with Crippen molar-refractivity contribution >= 4 is 11.8 Å². The zero-order valence-corrected chi connectivity index (χ0v) is 8.41. The van der Waals surface area contributed by atoms with Crippen molar-refractivity contribution in [1.29, 1.82) is 0 Å². The minimum atomic E-state index is 0.735. The van der Waals surface area contributed by atoms with Crippen LogP contribution in [0.25, 0.3) is 0 Å². The quantitative estimate of drug-likeness (QED) is 0.431. The Morgan fingerprint density at radius 2 is 2.18 bits per heavy atom. The SMILES string of the molecule is C=CCCSC(=C)CC(C)C. The molecule has 0 N–H and O–H groups in total. The van der Waals surface area contributed by atoms with Crippen molar-refractivity contribution in [3.05, 3.63) is 24.1 Å². The van der Waals surface area contributed by atoms with E-state index < -0.39 is 0 Å². The number of rotatable bonds is 6. The van der Waals surface area contributed by atoms with Gasteiger partial charge >= 0.3 is 0 Å². The van der Waals surface area contributed by atoms with Crippen LogP contribution in [0.1, 0.15) is 26.7 Å². The molecule has 1 heteroatoms. The highest BCUT2D eigenvalue weighted by Gasteiger charge is 1.97. The summed E-state index contributed by atoms with van der Waals surface area (Å²) in [6.07, 6.45) is 4.18. The fourth-order valence-corrected chi connectivity index (χ4v) is 1.83. The number of hydrogen-bond donors (Lipinski definition) is 0. The first kappa shape index (κ1) is 10.8. The smallest absolute Gasteiger partial charge is 0.00111 e. The topological polar surface area (TPSA) is 0 Å². The Kier molecular flexibility index (Phi) is 6.43. The fraction of sp³-hybridized carbons (Fsp3) is 0.600. The molecule has 0 radical (unpaired) electrons. The Labute approximate surface area is 74.8 Å². The molecule has 11 heavy (non-hydrogen) atoms. The van der Waals surface area contributed by atoms with Crippen molar-refractivity contribution in [1.82, 2.24) is 0 Å². The van der Waals surface area contributed by atoms with Crippen molar-refractivity contribution in [2.75, 3.05) is 5.75 Å². The van der Waals surface area contributed by atoms with Crippen molar-refractivity contribution in [2.24, 2.45) is 5.92 Å². The highest BCUT2D eigenvalue weighted by molar-refractivity contribution is 8.03. The third-order valence-corrected chi connectivity index (χ3v) is 2.28. The van der Waals surface area contributed by atoms with Crippen LogP contribution in [0, 0.1) is 5.92 Å². The van der Waals surface area contributed by atoms with E-state index in [0.717, 1.165) is 24.5 Å². The van der Waals surface area contributed by atoms with Crippen molar-refractivity contribution < 1.29 is 0 Å². The molecule has 0 saturated heterocycles. The third-order valence-electron chi connectivity index (χ3n) is 1.26. The van der Waals surface area contributed by atoms with Gasteiger partial charge in [-0.25, -0.2) is 0 Å². The molecule has 0 nitrogen and oxygen atoms in total. The Morgan fingerprint density at radius 3 is 2.64 bits per heavy atom. The largest absolute Gasteiger partial charge is 0.131 e. The molecule has 0 aliphatic carbocycles. The van der Waals surface area contributed by atoms with E-state index in [4.69, 9.17) is 0 Å². The summed E-state index contributed by atoms with van der Waals surface area (Å²) in [5.74, 6) is 1.87. The predicted molar refractivity (Wildman–Crippen MR) is 55.9 cm³/mol. The molecular weight excluding hydrogens is 152 g/mol. The normalized spacial score (nSPS) is 10.1. The van der Waals surface area contributed by atoms with Gasteiger partial charge in [0, 0.05) is 5.75 Å². The van der Waals surface area contributed by atoms with E-state index in [9.17, 15) is 0 Å². The molecule has 0 heterocycles. The van der Waals surface area contributed by atoms with Crippen LogP contribution in [0.4, 0.5) is 0 Å². The Morgan fingerprint density at radius 1 is 1.55 bits per heavy atom. The fourth-order valence-electron chi connectivity index (χ4n) is 0.801. The second-order valence-electron chi connectivity index (χ2n) is 3.06. The van der Waals surface area contributed by atoms with E-state index in [2.05, 4.69) is 27.0 Å². The molecule has 0 amide bonds. The van der Waals surface area contributed by atoms with E-state index in [1.54, 1.807) is 0 Å². The lowest BCUT2D eigenvalue weighted by Gasteiger charge is -2.06. The van der Waals surface area contributed by atoms with Gasteiger partial charge in [-0.3, -0.25) is 0 Å². The van der Waals surface area contributed by atoms with Gasteiger partial charge in [0.1, 0.15) is 0 Å². The first-order valence-electron chi connectivity index (χ1n) is 4.08. The number of hydrogen-bond acceptors (Lipinski definition) is 1. The molecule has 0 aromatic rings. The minimum Gasteiger partial charge on any atom is -0.131 e. The number of allylic oxidation sites excluding steroid dienone is 2. The van der Waals surface area contributed by atoms with E-state index >= 15 is 0 Å². The van der Waals surface area contributed by atoms with Gasteiger partial charge in [0.25, 0.3) is 0 Å². The summed E-state index contributed by atoms with van der Waals surface area (Å²) >= 11 is 1.86. The lowest BCUT2D eigenvalue weighted by atomic mass is 10.1. The maximum Gasteiger partial charge on any atom is 0.00111 e. The minimum absolute atomic E-state index is 0.735. The van der Waals surface area contributed by atoms with Gasteiger partial charge in [-0.1, -0.05) is 26.5 Å². The summed E-state index contributed by atoms with van der Waals surface area (Å²) in [5.41, 5.74) is 0. The van der Waals surface area contributed by atoms with E-state index in [1.165, 1.54) is 4.91 Å². The van der Waals surface area contributed by atoms with Gasteiger partial charge in [0.15, 0.2) is 0 Å². The molecule has 0 saturated carbocycles. The van der Waals surface area contributed by atoms with Gasteiger partial charge in [-0.2, -0.15) is 0 Å². The van der Waals surface area contributed by atoms with Crippen LogP contribution in [0.15, 0.2) is 24.1 Å². The Bertz CT molecular complexity index is 125. The second-order valence-corrected chi connectivity index (χ2v) is 4.34. The summed E-state index contributed by atoms with van der Waals surface area (Å²) < 4.78 is 0. The Hall–Kier alpha value is -0.170. The highest BCUT2D eigenvalue weighted by Crippen LogP contribution is 2.21. The van der Waals surface area contributed by atoms with Crippen LogP contribution in [0.3, 0.4) is 0 Å². The van der Waals surface area contributed by atoms with Gasteiger partial charge < -0.3 is 0 Å². The highest BCUT2D eigenvalue weighted by atomic mass is 32.2. The third kappa shape index (κ3) is 7.73. The molecule has 0 aliphatic heterocycles. The average Bonchev–Trinajstić information content (AvgIpc) is 1.86. The monoisotopic (exact) mass is 170 g/mol. The van der Waals surface area contributed by atoms with Crippen molar-refractivity contribution in [2.45, 2.75) is 26.7 Å². The molecular formula is C10H18S. The van der Waals surface area contributed by atoms with Gasteiger partial charge in [-0.05, 0) is 23.7 Å². The first-order chi connectivity index (χ1) is 5.16. The summed E-state index contributed by atoms with van der Waals surface area (Å²) in [6.45, 7) is 12.1. The van der Waals surface area contributed by atoms with Gasteiger partial charge in [0.05, 0.1) is 0 Å². The predicted octanol–water partition coefficient (Wildman–Crippen LogP) is 3.86. The summed E-state index contributed by atoms with van der Waals surface area (Å²) in [6, 6.07) is 0. The van der Waals surface area contributed by atoms with Crippen LogP contribution in [0.2, 0.25) is 0 Å². The molecule has 64 valence electrons. The molecule has 0 atom stereocenters. The molecule has 0 aromatic carbocycles. The standard InChI is InChI=1S/C10H18S/c1-5-6-7-11-10(4)8-9(2)3/h5,9H,1,4,6-8H2,2-3H3. The average molecular weight is 170 g/mol. The van der Waals surface area contributed by atoms with Gasteiger partial charge in [-0.15, -0.1) is 18.3 Å². The van der Waals surface area contributed by atoms with Crippen LogP contribution >= 0.6 is 11.8 Å². The zero-order chi connectivity index (χ0) is 8.69. The van der Waals surface area contributed by atoms with E-state index in [-0.39, 0.29) is 0 Å². The molecule has 0 unspecified atom stereocenters. The van der Waals surface area contributed by atoms with E-state index in [1.807, 2.05) is 17.8 Å². The number of thioether (sulfide) groups is 1. The maximum absolute atomic E-state index is 4.00. The molecule has 0 rings (SSSR count). The second kappa shape index (κ2) is 6.53. The Balaban J connectivity index is 3.30. The van der Waals surface area contributed by atoms with Crippen LogP contribution in [-0.4, -0.2) is 5.75 Å². The van der Waals surface area contributed by atoms with Crippen LogP contribution in [0.5, 0.6) is 0 Å². The molecule has 0 aliphatic rings. The molecule has 0 spiro atoms. The van der Waals surface area contributed by atoms with Crippen molar-refractivity contribution in [3.8, 4) is 0 Å².